The van der Waals surface area contributed by atoms with Crippen molar-refractivity contribution in [3.05, 3.63) is 84.5 Å². The van der Waals surface area contributed by atoms with Crippen LogP contribution in [0.15, 0.2) is 78.9 Å². The summed E-state index contributed by atoms with van der Waals surface area (Å²) in [5, 5.41) is 38.7. The Kier molecular flexibility index (Phi) is 11.6. The zero-order valence-electron chi connectivity index (χ0n) is 16.9. The van der Waals surface area contributed by atoms with Crippen molar-refractivity contribution in [3.8, 4) is 0 Å². The highest BCUT2D eigenvalue weighted by Gasteiger charge is 2.15. The van der Waals surface area contributed by atoms with Gasteiger partial charge in [0.1, 0.15) is 0 Å². The maximum Gasteiger partial charge on any atom is 0.303 e. The number of hydrogen-bond acceptors (Lipinski definition) is 4. The number of rotatable bonds is 13. The molecule has 0 aliphatic heterocycles. The van der Waals surface area contributed by atoms with E-state index in [0.29, 0.717) is 25.7 Å². The minimum absolute atomic E-state index is 0.0434. The Hall–Kier alpha value is -2.47. The third kappa shape index (κ3) is 12.6. The molecule has 0 unspecified atom stereocenters. The van der Waals surface area contributed by atoms with Crippen molar-refractivity contribution >= 4 is 5.97 Å². The van der Waals surface area contributed by atoms with Gasteiger partial charge in [0.25, 0.3) is 0 Å². The van der Waals surface area contributed by atoms with E-state index in [-0.39, 0.29) is 6.42 Å². The SMILES string of the molecule is C[C@](O)(/C=C/C=C\C=C\C=C\[C@H](O)[C@H](O)CCc1ccccc1)CCCC(=O)O. The van der Waals surface area contributed by atoms with Gasteiger partial charge in [0.05, 0.1) is 17.8 Å². The van der Waals surface area contributed by atoms with Crippen LogP contribution in [0, 0.1) is 0 Å². The zero-order valence-corrected chi connectivity index (χ0v) is 16.9. The second-order valence-electron chi connectivity index (χ2n) is 7.20. The van der Waals surface area contributed by atoms with Gasteiger partial charge in [-0.25, -0.2) is 0 Å². The molecule has 1 rings (SSSR count). The van der Waals surface area contributed by atoms with Gasteiger partial charge in [-0.15, -0.1) is 0 Å². The van der Waals surface area contributed by atoms with Crippen LogP contribution in [0.4, 0.5) is 0 Å². The van der Waals surface area contributed by atoms with E-state index in [1.807, 2.05) is 30.3 Å². The van der Waals surface area contributed by atoms with Crippen molar-refractivity contribution in [2.45, 2.75) is 56.8 Å². The first-order valence-corrected chi connectivity index (χ1v) is 9.84. The number of aliphatic hydroxyl groups is 3. The summed E-state index contributed by atoms with van der Waals surface area (Å²) in [6.45, 7) is 1.64. The number of allylic oxidation sites excluding steroid dienone is 6. The molecule has 158 valence electrons. The van der Waals surface area contributed by atoms with Crippen LogP contribution in [-0.4, -0.2) is 44.2 Å². The van der Waals surface area contributed by atoms with Gasteiger partial charge in [-0.05, 0) is 38.2 Å². The topological polar surface area (TPSA) is 98.0 Å². The Bertz CT molecular complexity index is 701. The van der Waals surface area contributed by atoms with Crippen LogP contribution < -0.4 is 0 Å². The monoisotopic (exact) mass is 400 g/mol. The lowest BCUT2D eigenvalue weighted by Crippen LogP contribution is -2.24. The lowest BCUT2D eigenvalue weighted by atomic mass is 9.98. The number of hydrogen-bond donors (Lipinski definition) is 4. The first-order chi connectivity index (χ1) is 13.8. The minimum atomic E-state index is -1.04. The van der Waals surface area contributed by atoms with Gasteiger partial charge < -0.3 is 20.4 Å². The smallest absolute Gasteiger partial charge is 0.303 e. The van der Waals surface area contributed by atoms with Gasteiger partial charge in [-0.1, -0.05) is 78.9 Å². The minimum Gasteiger partial charge on any atom is -0.481 e. The second kappa shape index (κ2) is 13.7. The van der Waals surface area contributed by atoms with E-state index in [1.165, 1.54) is 0 Å². The maximum absolute atomic E-state index is 10.5. The Morgan fingerprint density at radius 3 is 2.31 bits per heavy atom. The van der Waals surface area contributed by atoms with Gasteiger partial charge >= 0.3 is 5.97 Å². The lowest BCUT2D eigenvalue weighted by molar-refractivity contribution is -0.137. The molecule has 0 radical (unpaired) electrons. The summed E-state index contributed by atoms with van der Waals surface area (Å²) in [6, 6.07) is 9.83. The molecule has 29 heavy (non-hydrogen) atoms. The summed E-state index contributed by atoms with van der Waals surface area (Å²) in [7, 11) is 0. The van der Waals surface area contributed by atoms with Crippen LogP contribution in [0.2, 0.25) is 0 Å². The average Bonchev–Trinajstić information content (AvgIpc) is 2.68. The van der Waals surface area contributed by atoms with E-state index >= 15 is 0 Å². The van der Waals surface area contributed by atoms with E-state index in [9.17, 15) is 20.1 Å². The fraction of sp³-hybridized carbons (Fsp3) is 0.375. The van der Waals surface area contributed by atoms with E-state index in [1.54, 1.807) is 55.5 Å². The molecule has 0 bridgehead atoms. The molecule has 1 aromatic carbocycles. The molecule has 4 N–H and O–H groups in total. The van der Waals surface area contributed by atoms with Crippen molar-refractivity contribution < 1.29 is 25.2 Å². The average molecular weight is 401 g/mol. The first-order valence-electron chi connectivity index (χ1n) is 9.84. The third-order valence-electron chi connectivity index (χ3n) is 4.36. The molecule has 0 spiro atoms. The summed E-state index contributed by atoms with van der Waals surface area (Å²) < 4.78 is 0. The quantitative estimate of drug-likeness (QED) is 0.380. The molecule has 3 atom stereocenters. The van der Waals surface area contributed by atoms with Crippen LogP contribution in [-0.2, 0) is 11.2 Å². The number of aryl methyl sites for hydroxylation is 1. The Labute approximate surface area is 173 Å². The summed E-state index contributed by atoms with van der Waals surface area (Å²) in [5.41, 5.74) is 0.0883. The van der Waals surface area contributed by atoms with Crippen LogP contribution >= 0.6 is 0 Å². The van der Waals surface area contributed by atoms with Gasteiger partial charge in [0.15, 0.2) is 0 Å². The highest BCUT2D eigenvalue weighted by molar-refractivity contribution is 5.66. The predicted molar refractivity (Wildman–Crippen MR) is 115 cm³/mol. The molecule has 0 aliphatic rings. The van der Waals surface area contributed by atoms with Crippen molar-refractivity contribution in [1.29, 1.82) is 0 Å². The Morgan fingerprint density at radius 1 is 1.03 bits per heavy atom. The van der Waals surface area contributed by atoms with Crippen LogP contribution in [0.5, 0.6) is 0 Å². The standard InChI is InChI=1S/C24H32O5/c1-24(29,19-11-15-23(27)28)18-10-5-3-2-4-9-14-21(25)22(26)17-16-20-12-7-6-8-13-20/h2-10,12-14,18,21-22,25-26,29H,11,15-17,19H2,1H3,(H,27,28)/b4-2+,5-3-,14-9+,18-10+/t21-,22+,24-/m0/s1. The van der Waals surface area contributed by atoms with Crippen molar-refractivity contribution in [1.82, 2.24) is 0 Å². The number of carboxylic acid groups (broad SMARTS) is 1. The van der Waals surface area contributed by atoms with E-state index < -0.39 is 23.8 Å². The molecular weight excluding hydrogens is 368 g/mol. The van der Waals surface area contributed by atoms with Crippen molar-refractivity contribution in [2.75, 3.05) is 0 Å². The van der Waals surface area contributed by atoms with Crippen molar-refractivity contribution in [3.63, 3.8) is 0 Å². The molecule has 5 nitrogen and oxygen atoms in total. The zero-order chi connectivity index (χ0) is 21.5. The molecular formula is C24H32O5. The molecule has 0 saturated carbocycles. The van der Waals surface area contributed by atoms with Crippen LogP contribution in [0.25, 0.3) is 0 Å². The Morgan fingerprint density at radius 2 is 1.66 bits per heavy atom. The Balaban J connectivity index is 2.30. The number of benzene rings is 1. The first kappa shape index (κ1) is 24.6. The summed E-state index contributed by atoms with van der Waals surface area (Å²) in [6.07, 6.45) is 13.9. The molecule has 0 fully saturated rings. The lowest BCUT2D eigenvalue weighted by Gasteiger charge is -2.17. The fourth-order valence-electron chi connectivity index (χ4n) is 2.64. The van der Waals surface area contributed by atoms with Crippen LogP contribution in [0.1, 0.15) is 38.2 Å². The summed E-state index contributed by atoms with van der Waals surface area (Å²) in [4.78, 5) is 10.5. The summed E-state index contributed by atoms with van der Waals surface area (Å²) >= 11 is 0. The van der Waals surface area contributed by atoms with Crippen molar-refractivity contribution in [2.24, 2.45) is 0 Å². The molecule has 0 aromatic heterocycles. The second-order valence-corrected chi connectivity index (χ2v) is 7.20. The van der Waals surface area contributed by atoms with Gasteiger partial charge in [0, 0.05) is 6.42 Å². The highest BCUT2D eigenvalue weighted by atomic mass is 16.4. The fourth-order valence-corrected chi connectivity index (χ4v) is 2.64. The molecule has 1 aromatic rings. The normalized spacial score (nSPS) is 16.7. The van der Waals surface area contributed by atoms with E-state index in [4.69, 9.17) is 5.11 Å². The van der Waals surface area contributed by atoms with Gasteiger partial charge in [-0.2, -0.15) is 0 Å². The predicted octanol–water partition coefficient (Wildman–Crippen LogP) is 3.57. The number of aliphatic hydroxyl groups excluding tert-OH is 2. The summed E-state index contributed by atoms with van der Waals surface area (Å²) in [5.74, 6) is -0.864. The molecule has 0 amide bonds. The van der Waals surface area contributed by atoms with E-state index in [0.717, 1.165) is 5.56 Å². The maximum atomic E-state index is 10.5. The molecule has 0 heterocycles. The molecule has 5 heteroatoms. The van der Waals surface area contributed by atoms with Gasteiger partial charge in [-0.3, -0.25) is 4.79 Å². The number of carboxylic acids is 1. The highest BCUT2D eigenvalue weighted by Crippen LogP contribution is 2.15. The molecule has 0 aliphatic carbocycles. The van der Waals surface area contributed by atoms with E-state index in [2.05, 4.69) is 0 Å². The number of aliphatic carboxylic acids is 1. The van der Waals surface area contributed by atoms with Gasteiger partial charge in [0.2, 0.25) is 0 Å². The third-order valence-corrected chi connectivity index (χ3v) is 4.36. The molecule has 0 saturated heterocycles. The largest absolute Gasteiger partial charge is 0.481 e. The number of carbonyl (C=O) groups is 1. The van der Waals surface area contributed by atoms with Crippen LogP contribution in [0.3, 0.4) is 0 Å².